The molecule has 2 nitrogen and oxygen atoms in total. The zero-order chi connectivity index (χ0) is 13.7. The molecule has 0 saturated heterocycles. The molecule has 94 valence electrons. The van der Waals surface area contributed by atoms with Crippen LogP contribution in [0.25, 0.3) is 0 Å². The molecule has 0 saturated carbocycles. The average molecular weight is 250 g/mol. The van der Waals surface area contributed by atoms with Crippen LogP contribution in [0.5, 0.6) is 0 Å². The molecule has 0 amide bonds. The lowest BCUT2D eigenvalue weighted by Gasteiger charge is -1.97. The fourth-order valence-corrected chi connectivity index (χ4v) is 1.66. The van der Waals surface area contributed by atoms with E-state index in [1.165, 1.54) is 12.2 Å². The Labute approximate surface area is 112 Å². The Morgan fingerprint density at radius 2 is 1.21 bits per heavy atom. The summed E-state index contributed by atoms with van der Waals surface area (Å²) >= 11 is 0. The highest BCUT2D eigenvalue weighted by Gasteiger charge is 2.03. The lowest BCUT2D eigenvalue weighted by Crippen LogP contribution is -1.98. The van der Waals surface area contributed by atoms with Crippen molar-refractivity contribution in [1.29, 1.82) is 0 Å². The molecule has 2 aromatic carbocycles. The first kappa shape index (κ1) is 13.0. The van der Waals surface area contributed by atoms with Crippen LogP contribution < -0.4 is 0 Å². The largest absolute Gasteiger partial charge is 0.289 e. The predicted octanol–water partition coefficient (Wildman–Crippen LogP) is 3.62. The third kappa shape index (κ3) is 3.49. The van der Waals surface area contributed by atoms with Crippen LogP contribution in [0, 0.1) is 6.92 Å². The highest BCUT2D eigenvalue weighted by molar-refractivity contribution is 6.11. The molecule has 0 atom stereocenters. The molecule has 0 fully saturated rings. The molecule has 0 aliphatic heterocycles. The summed E-state index contributed by atoms with van der Waals surface area (Å²) in [5.74, 6) is -0.328. The maximum absolute atomic E-state index is 11.9. The van der Waals surface area contributed by atoms with Crippen molar-refractivity contribution in [3.05, 3.63) is 83.4 Å². The third-order valence-corrected chi connectivity index (χ3v) is 2.78. The lowest BCUT2D eigenvalue weighted by atomic mass is 10.1. The Bertz CT molecular complexity index is 607. The molecule has 0 aliphatic carbocycles. The van der Waals surface area contributed by atoms with E-state index in [9.17, 15) is 9.59 Å². The summed E-state index contributed by atoms with van der Waals surface area (Å²) < 4.78 is 0. The van der Waals surface area contributed by atoms with Gasteiger partial charge in [0.25, 0.3) is 0 Å². The lowest BCUT2D eigenvalue weighted by molar-refractivity contribution is 0.102. The van der Waals surface area contributed by atoms with E-state index < -0.39 is 0 Å². The smallest absolute Gasteiger partial charge is 0.185 e. The predicted molar refractivity (Wildman–Crippen MR) is 75.4 cm³/mol. The summed E-state index contributed by atoms with van der Waals surface area (Å²) in [6.07, 6.45) is 2.64. The van der Waals surface area contributed by atoms with Crippen LogP contribution in [0.2, 0.25) is 0 Å². The van der Waals surface area contributed by atoms with Gasteiger partial charge in [0.15, 0.2) is 11.6 Å². The van der Waals surface area contributed by atoms with Gasteiger partial charge in [-0.2, -0.15) is 0 Å². The summed E-state index contributed by atoms with van der Waals surface area (Å²) in [5, 5.41) is 0. The molecule has 0 bridgehead atoms. The van der Waals surface area contributed by atoms with Gasteiger partial charge in [0.1, 0.15) is 0 Å². The Balaban J connectivity index is 2.09. The number of carbonyl (C=O) groups excluding carboxylic acids is 2. The van der Waals surface area contributed by atoms with Gasteiger partial charge >= 0.3 is 0 Å². The molecule has 0 N–H and O–H groups in total. The van der Waals surface area contributed by atoms with Gasteiger partial charge < -0.3 is 0 Å². The van der Waals surface area contributed by atoms with Gasteiger partial charge in [-0.05, 0) is 19.1 Å². The van der Waals surface area contributed by atoms with Gasteiger partial charge in [-0.1, -0.05) is 60.2 Å². The molecular weight excluding hydrogens is 236 g/mol. The Morgan fingerprint density at radius 1 is 0.737 bits per heavy atom. The number of hydrogen-bond donors (Lipinski definition) is 0. The number of allylic oxidation sites excluding steroid dienone is 2. The van der Waals surface area contributed by atoms with E-state index in [1.807, 2.05) is 25.1 Å². The van der Waals surface area contributed by atoms with Crippen LogP contribution in [0.3, 0.4) is 0 Å². The second-order valence-electron chi connectivity index (χ2n) is 4.29. The molecule has 2 heteroatoms. The summed E-state index contributed by atoms with van der Waals surface area (Å²) in [6, 6.07) is 16.2. The van der Waals surface area contributed by atoms with Crippen LogP contribution in [0.15, 0.2) is 66.7 Å². The molecule has 0 spiro atoms. The van der Waals surface area contributed by atoms with Crippen molar-refractivity contribution in [1.82, 2.24) is 0 Å². The third-order valence-electron chi connectivity index (χ3n) is 2.78. The fourth-order valence-electron chi connectivity index (χ4n) is 1.66. The first-order valence-electron chi connectivity index (χ1n) is 6.05. The van der Waals surface area contributed by atoms with Crippen molar-refractivity contribution in [3.63, 3.8) is 0 Å². The number of hydrogen-bond acceptors (Lipinski definition) is 2. The van der Waals surface area contributed by atoms with E-state index in [4.69, 9.17) is 0 Å². The SMILES string of the molecule is Cc1ccc(C(=O)/C=C/C(=O)c2ccccc2)cc1. The number of rotatable bonds is 4. The van der Waals surface area contributed by atoms with Gasteiger partial charge in [-0.25, -0.2) is 0 Å². The Kier molecular flexibility index (Phi) is 4.04. The van der Waals surface area contributed by atoms with Gasteiger partial charge in [0.2, 0.25) is 0 Å². The quantitative estimate of drug-likeness (QED) is 0.613. The van der Waals surface area contributed by atoms with E-state index >= 15 is 0 Å². The first-order chi connectivity index (χ1) is 9.16. The van der Waals surface area contributed by atoms with Crippen molar-refractivity contribution < 1.29 is 9.59 Å². The minimum Gasteiger partial charge on any atom is -0.289 e. The molecule has 19 heavy (non-hydrogen) atoms. The summed E-state index contributed by atoms with van der Waals surface area (Å²) in [7, 11) is 0. The molecular formula is C17H14O2. The van der Waals surface area contributed by atoms with Crippen molar-refractivity contribution >= 4 is 11.6 Å². The van der Waals surface area contributed by atoms with Crippen LogP contribution in [0.1, 0.15) is 26.3 Å². The van der Waals surface area contributed by atoms with Crippen molar-refractivity contribution in [2.45, 2.75) is 6.92 Å². The van der Waals surface area contributed by atoms with Crippen LogP contribution in [-0.2, 0) is 0 Å². The maximum atomic E-state index is 11.9. The van der Waals surface area contributed by atoms with E-state index in [-0.39, 0.29) is 11.6 Å². The molecule has 0 heterocycles. The van der Waals surface area contributed by atoms with Crippen molar-refractivity contribution in [2.24, 2.45) is 0 Å². The standard InChI is InChI=1S/C17H14O2/c1-13-7-9-15(10-8-13)17(19)12-11-16(18)14-5-3-2-4-6-14/h2-12H,1H3/b12-11+. The summed E-state index contributed by atoms with van der Waals surface area (Å²) in [5.41, 5.74) is 2.26. The number of ketones is 2. The Morgan fingerprint density at radius 3 is 1.74 bits per heavy atom. The maximum Gasteiger partial charge on any atom is 0.185 e. The minimum atomic E-state index is -0.166. The monoisotopic (exact) mass is 250 g/mol. The van der Waals surface area contributed by atoms with E-state index in [0.717, 1.165) is 5.56 Å². The molecule has 0 radical (unpaired) electrons. The molecule has 0 aromatic heterocycles. The van der Waals surface area contributed by atoms with Crippen molar-refractivity contribution in [2.75, 3.05) is 0 Å². The number of carbonyl (C=O) groups is 2. The van der Waals surface area contributed by atoms with Gasteiger partial charge in [-0.15, -0.1) is 0 Å². The fraction of sp³-hybridized carbons (Fsp3) is 0.0588. The number of benzene rings is 2. The second-order valence-corrected chi connectivity index (χ2v) is 4.29. The second kappa shape index (κ2) is 5.91. The van der Waals surface area contributed by atoms with Crippen molar-refractivity contribution in [3.8, 4) is 0 Å². The summed E-state index contributed by atoms with van der Waals surface area (Å²) in [4.78, 5) is 23.6. The topological polar surface area (TPSA) is 34.1 Å². The molecule has 2 rings (SSSR count). The van der Waals surface area contributed by atoms with E-state index in [0.29, 0.717) is 11.1 Å². The Hall–Kier alpha value is -2.48. The zero-order valence-electron chi connectivity index (χ0n) is 10.7. The normalized spacial score (nSPS) is 10.6. The highest BCUT2D eigenvalue weighted by atomic mass is 16.1. The van der Waals surface area contributed by atoms with Gasteiger partial charge in [-0.3, -0.25) is 9.59 Å². The zero-order valence-corrected chi connectivity index (χ0v) is 10.7. The average Bonchev–Trinajstić information content (AvgIpc) is 2.46. The summed E-state index contributed by atoms with van der Waals surface area (Å²) in [6.45, 7) is 1.96. The first-order valence-corrected chi connectivity index (χ1v) is 6.05. The van der Waals surface area contributed by atoms with Gasteiger partial charge in [0.05, 0.1) is 0 Å². The molecule has 2 aromatic rings. The van der Waals surface area contributed by atoms with Gasteiger partial charge in [0, 0.05) is 11.1 Å². The van der Waals surface area contributed by atoms with Crippen LogP contribution >= 0.6 is 0 Å². The molecule has 0 aliphatic rings. The van der Waals surface area contributed by atoms with Crippen LogP contribution in [0.4, 0.5) is 0 Å². The molecule has 0 unspecified atom stereocenters. The highest BCUT2D eigenvalue weighted by Crippen LogP contribution is 2.06. The van der Waals surface area contributed by atoms with E-state index in [2.05, 4.69) is 0 Å². The van der Waals surface area contributed by atoms with E-state index in [1.54, 1.807) is 36.4 Å². The minimum absolute atomic E-state index is 0.163. The van der Waals surface area contributed by atoms with Crippen LogP contribution in [-0.4, -0.2) is 11.6 Å². The number of aryl methyl sites for hydroxylation is 1.